The van der Waals surface area contributed by atoms with Gasteiger partial charge in [-0.25, -0.2) is 13.1 Å². The van der Waals surface area contributed by atoms with Crippen molar-refractivity contribution in [3.05, 3.63) is 54.1 Å². The number of carbonyl (C=O) groups is 1. The molecule has 0 saturated heterocycles. The minimum atomic E-state index is -3.75. The molecule has 2 aromatic carbocycles. The summed E-state index contributed by atoms with van der Waals surface area (Å²) in [7, 11) is -3.75. The van der Waals surface area contributed by atoms with E-state index < -0.39 is 15.9 Å². The van der Waals surface area contributed by atoms with E-state index >= 15 is 0 Å². The summed E-state index contributed by atoms with van der Waals surface area (Å²) in [5.74, 6) is 0.0598. The Balaban J connectivity index is 2.03. The van der Waals surface area contributed by atoms with Crippen LogP contribution in [0.4, 0.5) is 5.69 Å². The number of rotatable bonds is 7. The fourth-order valence-corrected chi connectivity index (χ4v) is 3.44. The number of hydrogen-bond acceptors (Lipinski definition) is 4. The molecule has 0 spiro atoms. The van der Waals surface area contributed by atoms with Crippen LogP contribution in [-0.2, 0) is 14.8 Å². The molecule has 0 aromatic heterocycles. The molecule has 0 unspecified atom stereocenters. The Bertz CT molecular complexity index is 848. The lowest BCUT2D eigenvalue weighted by Crippen LogP contribution is -2.33. The van der Waals surface area contributed by atoms with Crippen LogP contribution in [0.15, 0.2) is 53.4 Å². The highest BCUT2D eigenvalue weighted by atomic mass is 32.2. The van der Waals surface area contributed by atoms with Crippen LogP contribution in [0.1, 0.15) is 19.4 Å². The van der Waals surface area contributed by atoms with E-state index in [0.29, 0.717) is 17.0 Å². The Kier molecular flexibility index (Phi) is 6.17. The molecule has 25 heavy (non-hydrogen) atoms. The van der Waals surface area contributed by atoms with Gasteiger partial charge in [0.1, 0.15) is 5.75 Å². The molecule has 0 atom stereocenters. The standard InChI is InChI=1S/C18H22N2O4S/c1-13(2)24-16-10-6-5-9-15(16)20-18(21)12-19-25(22,23)17-11-7-4-8-14(17)3/h4-11,13,19H,12H2,1-3H3,(H,20,21). The summed E-state index contributed by atoms with van der Waals surface area (Å²) in [5.41, 5.74) is 1.11. The SMILES string of the molecule is Cc1ccccc1S(=O)(=O)NCC(=O)Nc1ccccc1OC(C)C. The number of hydrogen-bond donors (Lipinski definition) is 2. The van der Waals surface area contributed by atoms with Crippen LogP contribution < -0.4 is 14.8 Å². The first-order chi connectivity index (χ1) is 11.8. The number of amides is 1. The van der Waals surface area contributed by atoms with Crippen LogP contribution in [0, 0.1) is 6.92 Å². The predicted octanol–water partition coefficient (Wildman–Crippen LogP) is 2.70. The van der Waals surface area contributed by atoms with Crippen molar-refractivity contribution in [2.75, 3.05) is 11.9 Å². The summed E-state index contributed by atoms with van der Waals surface area (Å²) in [6.45, 7) is 5.10. The molecule has 0 bridgehead atoms. The number of sulfonamides is 1. The van der Waals surface area contributed by atoms with Gasteiger partial charge in [0, 0.05) is 0 Å². The molecule has 0 aliphatic carbocycles. The molecule has 134 valence electrons. The Morgan fingerprint density at radius 3 is 2.40 bits per heavy atom. The molecule has 2 aromatic rings. The maximum Gasteiger partial charge on any atom is 0.241 e. The van der Waals surface area contributed by atoms with Crippen LogP contribution in [0.25, 0.3) is 0 Å². The molecular formula is C18H22N2O4S. The number of nitrogens with one attached hydrogen (secondary N) is 2. The van der Waals surface area contributed by atoms with Crippen LogP contribution in [-0.4, -0.2) is 27.0 Å². The lowest BCUT2D eigenvalue weighted by molar-refractivity contribution is -0.115. The van der Waals surface area contributed by atoms with Gasteiger partial charge in [0.2, 0.25) is 15.9 Å². The number of benzene rings is 2. The molecule has 0 saturated carbocycles. The first kappa shape index (κ1) is 19.0. The van der Waals surface area contributed by atoms with Gasteiger partial charge in [-0.2, -0.15) is 0 Å². The second-order valence-electron chi connectivity index (χ2n) is 5.80. The van der Waals surface area contributed by atoms with Crippen molar-refractivity contribution in [2.45, 2.75) is 31.8 Å². The van der Waals surface area contributed by atoms with Gasteiger partial charge >= 0.3 is 0 Å². The van der Waals surface area contributed by atoms with Crippen molar-refractivity contribution in [3.63, 3.8) is 0 Å². The van der Waals surface area contributed by atoms with E-state index in [1.807, 2.05) is 13.8 Å². The topological polar surface area (TPSA) is 84.5 Å². The van der Waals surface area contributed by atoms with Crippen molar-refractivity contribution in [1.29, 1.82) is 0 Å². The Labute approximate surface area is 148 Å². The first-order valence-corrected chi connectivity index (χ1v) is 9.39. The quantitative estimate of drug-likeness (QED) is 0.793. The first-order valence-electron chi connectivity index (χ1n) is 7.90. The number of anilines is 1. The Morgan fingerprint density at radius 2 is 1.72 bits per heavy atom. The van der Waals surface area contributed by atoms with E-state index in [4.69, 9.17) is 4.74 Å². The third-order valence-electron chi connectivity index (χ3n) is 3.33. The highest BCUT2D eigenvalue weighted by Gasteiger charge is 2.18. The molecule has 2 rings (SSSR count). The molecule has 2 N–H and O–H groups in total. The van der Waals surface area contributed by atoms with Gasteiger partial charge in [-0.15, -0.1) is 0 Å². The van der Waals surface area contributed by atoms with Crippen molar-refractivity contribution in [3.8, 4) is 5.75 Å². The van der Waals surface area contributed by atoms with Crippen molar-refractivity contribution in [1.82, 2.24) is 4.72 Å². The lowest BCUT2D eigenvalue weighted by Gasteiger charge is -2.15. The molecule has 0 fully saturated rings. The monoisotopic (exact) mass is 362 g/mol. The van der Waals surface area contributed by atoms with Crippen molar-refractivity contribution in [2.24, 2.45) is 0 Å². The van der Waals surface area contributed by atoms with Crippen molar-refractivity contribution < 1.29 is 17.9 Å². The summed E-state index contributed by atoms with van der Waals surface area (Å²) in [6.07, 6.45) is -0.0439. The molecule has 0 aliphatic rings. The lowest BCUT2D eigenvalue weighted by atomic mass is 10.2. The van der Waals surface area contributed by atoms with E-state index in [-0.39, 0.29) is 17.5 Å². The zero-order valence-electron chi connectivity index (χ0n) is 14.4. The Hall–Kier alpha value is -2.38. The number of aryl methyl sites for hydroxylation is 1. The molecule has 6 nitrogen and oxygen atoms in total. The normalized spacial score (nSPS) is 11.4. The number of carbonyl (C=O) groups excluding carboxylic acids is 1. The maximum atomic E-state index is 12.3. The highest BCUT2D eigenvalue weighted by Crippen LogP contribution is 2.24. The van der Waals surface area contributed by atoms with E-state index in [9.17, 15) is 13.2 Å². The summed E-state index contributed by atoms with van der Waals surface area (Å²) in [4.78, 5) is 12.3. The summed E-state index contributed by atoms with van der Waals surface area (Å²) < 4.78 is 32.6. The van der Waals surface area contributed by atoms with Gasteiger partial charge < -0.3 is 10.1 Å². The van der Waals surface area contributed by atoms with Gasteiger partial charge in [0.05, 0.1) is 23.2 Å². The zero-order chi connectivity index (χ0) is 18.4. The van der Waals surface area contributed by atoms with E-state index in [1.165, 1.54) is 6.07 Å². The average Bonchev–Trinajstić information content (AvgIpc) is 2.55. The molecule has 7 heteroatoms. The maximum absolute atomic E-state index is 12.3. The van der Waals surface area contributed by atoms with Gasteiger partial charge in [-0.1, -0.05) is 30.3 Å². The second-order valence-corrected chi connectivity index (χ2v) is 7.54. The number of para-hydroxylation sites is 2. The van der Waals surface area contributed by atoms with Gasteiger partial charge in [0.25, 0.3) is 0 Å². The van der Waals surface area contributed by atoms with Gasteiger partial charge in [0.15, 0.2) is 0 Å². The van der Waals surface area contributed by atoms with E-state index in [0.717, 1.165) is 0 Å². The zero-order valence-corrected chi connectivity index (χ0v) is 15.3. The largest absolute Gasteiger partial charge is 0.489 e. The van der Waals surface area contributed by atoms with Crippen LogP contribution >= 0.6 is 0 Å². The fourth-order valence-electron chi connectivity index (χ4n) is 2.22. The smallest absolute Gasteiger partial charge is 0.241 e. The minimum Gasteiger partial charge on any atom is -0.489 e. The molecule has 1 amide bonds. The second kappa shape index (κ2) is 8.13. The minimum absolute atomic E-state index is 0.0439. The molecular weight excluding hydrogens is 340 g/mol. The summed E-state index contributed by atoms with van der Waals surface area (Å²) in [5, 5.41) is 2.66. The van der Waals surface area contributed by atoms with E-state index in [1.54, 1.807) is 49.4 Å². The summed E-state index contributed by atoms with van der Waals surface area (Å²) >= 11 is 0. The highest BCUT2D eigenvalue weighted by molar-refractivity contribution is 7.89. The van der Waals surface area contributed by atoms with Crippen molar-refractivity contribution >= 4 is 21.6 Å². The average molecular weight is 362 g/mol. The predicted molar refractivity (Wildman–Crippen MR) is 97.2 cm³/mol. The van der Waals surface area contributed by atoms with Gasteiger partial charge in [-0.05, 0) is 44.5 Å². The van der Waals surface area contributed by atoms with Crippen LogP contribution in [0.5, 0.6) is 5.75 Å². The molecule has 0 aliphatic heterocycles. The van der Waals surface area contributed by atoms with E-state index in [2.05, 4.69) is 10.0 Å². The third kappa shape index (κ3) is 5.30. The molecule has 0 radical (unpaired) electrons. The Morgan fingerprint density at radius 1 is 1.08 bits per heavy atom. The van der Waals surface area contributed by atoms with Crippen LogP contribution in [0.3, 0.4) is 0 Å². The third-order valence-corrected chi connectivity index (χ3v) is 4.89. The molecule has 0 heterocycles. The van der Waals surface area contributed by atoms with Gasteiger partial charge in [-0.3, -0.25) is 4.79 Å². The fraction of sp³-hybridized carbons (Fsp3) is 0.278. The summed E-state index contributed by atoms with van der Waals surface area (Å²) in [6, 6.07) is 13.6. The number of ether oxygens (including phenoxy) is 1. The van der Waals surface area contributed by atoms with Crippen LogP contribution in [0.2, 0.25) is 0 Å².